The third kappa shape index (κ3) is 2.98. The van der Waals surface area contributed by atoms with Crippen molar-refractivity contribution in [1.29, 1.82) is 0 Å². The minimum atomic E-state index is -0.966. The lowest BCUT2D eigenvalue weighted by Gasteiger charge is -2.59. The van der Waals surface area contributed by atoms with Crippen LogP contribution in [-0.2, 0) is 23.9 Å². The van der Waals surface area contributed by atoms with Crippen molar-refractivity contribution in [3.8, 4) is 0 Å². The first-order chi connectivity index (χ1) is 14.0. The Labute approximate surface area is 179 Å². The number of Topliss-reactive ketones (excluding diaryl/α,β-unsaturated/α-hetero) is 1. The second-order valence-corrected chi connectivity index (χ2v) is 10.7. The van der Waals surface area contributed by atoms with Gasteiger partial charge in [0.15, 0.2) is 11.4 Å². The standard InChI is InChI=1S/C25H36O5/c1-15(26)25(30-17(3)28)13-10-22-20-7-6-18-14-19(29-16(2)27)8-11-23(18,4)21(20)9-12-24(22,25)5/h6,19-22H,7-14H2,1-5H3/t19-,20+,21-,22-,23+,24+,25-/m0/s1. The van der Waals surface area contributed by atoms with Crippen LogP contribution in [0.25, 0.3) is 0 Å². The van der Waals surface area contributed by atoms with E-state index in [1.807, 2.05) is 0 Å². The van der Waals surface area contributed by atoms with Crippen LogP contribution in [0.1, 0.15) is 86.0 Å². The molecule has 4 aliphatic carbocycles. The van der Waals surface area contributed by atoms with Crippen LogP contribution in [0.4, 0.5) is 0 Å². The number of allylic oxidation sites excluding steroid dienone is 1. The molecule has 0 aromatic carbocycles. The molecule has 5 heteroatoms. The molecule has 0 N–H and O–H groups in total. The molecule has 166 valence electrons. The minimum Gasteiger partial charge on any atom is -0.462 e. The summed E-state index contributed by atoms with van der Waals surface area (Å²) in [7, 11) is 0. The molecule has 30 heavy (non-hydrogen) atoms. The highest BCUT2D eigenvalue weighted by molar-refractivity contribution is 5.89. The van der Waals surface area contributed by atoms with Crippen LogP contribution in [-0.4, -0.2) is 29.4 Å². The molecule has 0 bridgehead atoms. The number of hydrogen-bond donors (Lipinski definition) is 0. The Morgan fingerprint density at radius 1 is 0.933 bits per heavy atom. The van der Waals surface area contributed by atoms with Crippen molar-refractivity contribution in [1.82, 2.24) is 0 Å². The van der Waals surface area contributed by atoms with Crippen LogP contribution < -0.4 is 0 Å². The first-order valence-corrected chi connectivity index (χ1v) is 11.6. The van der Waals surface area contributed by atoms with Crippen molar-refractivity contribution >= 4 is 17.7 Å². The molecule has 0 aromatic rings. The van der Waals surface area contributed by atoms with E-state index in [-0.39, 0.29) is 34.7 Å². The molecule has 0 aromatic heterocycles. The van der Waals surface area contributed by atoms with Gasteiger partial charge in [-0.25, -0.2) is 0 Å². The normalized spacial score (nSPS) is 44.8. The molecule has 4 rings (SSSR count). The fourth-order valence-electron chi connectivity index (χ4n) is 8.02. The van der Waals surface area contributed by atoms with E-state index < -0.39 is 5.60 Å². The number of rotatable bonds is 3. The Hall–Kier alpha value is -1.65. The molecule has 0 saturated heterocycles. The third-order valence-electron chi connectivity index (χ3n) is 9.40. The van der Waals surface area contributed by atoms with Gasteiger partial charge in [-0.3, -0.25) is 14.4 Å². The van der Waals surface area contributed by atoms with Gasteiger partial charge in [0.25, 0.3) is 0 Å². The van der Waals surface area contributed by atoms with Gasteiger partial charge < -0.3 is 9.47 Å². The van der Waals surface area contributed by atoms with Gasteiger partial charge in [-0.2, -0.15) is 0 Å². The van der Waals surface area contributed by atoms with Crippen LogP contribution in [0.15, 0.2) is 11.6 Å². The average molecular weight is 417 g/mol. The highest BCUT2D eigenvalue weighted by atomic mass is 16.6. The first-order valence-electron chi connectivity index (χ1n) is 11.6. The molecule has 5 nitrogen and oxygen atoms in total. The molecular weight excluding hydrogens is 380 g/mol. The summed E-state index contributed by atoms with van der Waals surface area (Å²) in [5, 5.41) is 0. The average Bonchev–Trinajstić information content (AvgIpc) is 2.94. The Balaban J connectivity index is 1.63. The summed E-state index contributed by atoms with van der Waals surface area (Å²) < 4.78 is 11.4. The first kappa shape index (κ1) is 21.6. The van der Waals surface area contributed by atoms with E-state index in [1.54, 1.807) is 6.92 Å². The largest absolute Gasteiger partial charge is 0.462 e. The lowest BCUT2D eigenvalue weighted by atomic mass is 9.46. The van der Waals surface area contributed by atoms with Crippen LogP contribution in [0.3, 0.4) is 0 Å². The summed E-state index contributed by atoms with van der Waals surface area (Å²) in [5.41, 5.74) is 0.346. The minimum absolute atomic E-state index is 0.00120. The molecule has 0 spiro atoms. The SMILES string of the molecule is CC(=O)O[C@H]1CC[C@]2(C)C(=CC[C@@H]3[C@@H]2CC[C@]2(C)[C@H]3CC[C@]2(OC(C)=O)C(C)=O)C1. The molecule has 3 fully saturated rings. The summed E-state index contributed by atoms with van der Waals surface area (Å²) in [5.74, 6) is 0.939. The van der Waals surface area contributed by atoms with Crippen molar-refractivity contribution in [2.75, 3.05) is 0 Å². The van der Waals surface area contributed by atoms with E-state index in [0.717, 1.165) is 44.9 Å². The smallest absolute Gasteiger partial charge is 0.303 e. The van der Waals surface area contributed by atoms with E-state index >= 15 is 0 Å². The number of carbonyl (C=O) groups excluding carboxylic acids is 3. The van der Waals surface area contributed by atoms with E-state index in [1.165, 1.54) is 19.4 Å². The maximum Gasteiger partial charge on any atom is 0.303 e. The zero-order valence-corrected chi connectivity index (χ0v) is 19.1. The van der Waals surface area contributed by atoms with Gasteiger partial charge in [0.1, 0.15) is 6.10 Å². The summed E-state index contributed by atoms with van der Waals surface area (Å²) in [6, 6.07) is 0. The number of ketones is 1. The lowest BCUT2D eigenvalue weighted by Crippen LogP contribution is -2.58. The van der Waals surface area contributed by atoms with Gasteiger partial charge in [0.2, 0.25) is 0 Å². The summed E-state index contributed by atoms with van der Waals surface area (Å²) in [4.78, 5) is 36.2. The molecule has 0 amide bonds. The maximum atomic E-state index is 12.8. The monoisotopic (exact) mass is 416 g/mol. The fourth-order valence-corrected chi connectivity index (χ4v) is 8.02. The maximum absolute atomic E-state index is 12.8. The number of esters is 2. The van der Waals surface area contributed by atoms with Gasteiger partial charge in [-0.05, 0) is 75.0 Å². The Morgan fingerprint density at radius 3 is 2.27 bits per heavy atom. The molecule has 0 aliphatic heterocycles. The molecule has 0 radical (unpaired) electrons. The lowest BCUT2D eigenvalue weighted by molar-refractivity contribution is -0.186. The summed E-state index contributed by atoms with van der Waals surface area (Å²) >= 11 is 0. The Bertz CT molecular complexity index is 799. The van der Waals surface area contributed by atoms with Gasteiger partial charge >= 0.3 is 11.9 Å². The highest BCUT2D eigenvalue weighted by Crippen LogP contribution is 2.68. The third-order valence-corrected chi connectivity index (χ3v) is 9.40. The van der Waals surface area contributed by atoms with Crippen LogP contribution in [0, 0.1) is 28.6 Å². The van der Waals surface area contributed by atoms with Gasteiger partial charge in [0.05, 0.1) is 0 Å². The van der Waals surface area contributed by atoms with Gasteiger partial charge in [-0.15, -0.1) is 0 Å². The van der Waals surface area contributed by atoms with E-state index in [9.17, 15) is 14.4 Å². The molecule has 0 unspecified atom stereocenters. The molecule has 4 aliphatic rings. The summed E-state index contributed by atoms with van der Waals surface area (Å²) in [6.45, 7) is 9.11. The van der Waals surface area contributed by atoms with Gasteiger partial charge in [-0.1, -0.05) is 25.5 Å². The number of ether oxygens (including phenoxy) is 2. The second-order valence-electron chi connectivity index (χ2n) is 10.7. The quantitative estimate of drug-likeness (QED) is 0.489. The highest BCUT2D eigenvalue weighted by Gasteiger charge is 2.67. The fraction of sp³-hybridized carbons (Fsp3) is 0.800. The zero-order valence-electron chi connectivity index (χ0n) is 19.1. The van der Waals surface area contributed by atoms with Crippen LogP contribution >= 0.6 is 0 Å². The predicted octanol–water partition coefficient (Wildman–Crippen LogP) is 4.77. The van der Waals surface area contributed by atoms with E-state index in [2.05, 4.69) is 19.9 Å². The summed E-state index contributed by atoms with van der Waals surface area (Å²) in [6.07, 6.45) is 9.81. The van der Waals surface area contributed by atoms with Crippen molar-refractivity contribution in [3.63, 3.8) is 0 Å². The molecular formula is C25H36O5. The zero-order chi connectivity index (χ0) is 21.9. The van der Waals surface area contributed by atoms with E-state index in [4.69, 9.17) is 9.47 Å². The van der Waals surface area contributed by atoms with Crippen molar-refractivity contribution in [2.45, 2.75) is 97.7 Å². The van der Waals surface area contributed by atoms with Crippen LogP contribution in [0.2, 0.25) is 0 Å². The Morgan fingerprint density at radius 2 is 1.63 bits per heavy atom. The van der Waals surface area contributed by atoms with Crippen molar-refractivity contribution < 1.29 is 23.9 Å². The molecule has 7 atom stereocenters. The van der Waals surface area contributed by atoms with Crippen molar-refractivity contribution in [2.24, 2.45) is 28.6 Å². The molecule has 3 saturated carbocycles. The van der Waals surface area contributed by atoms with Crippen LogP contribution in [0.5, 0.6) is 0 Å². The van der Waals surface area contributed by atoms with Crippen molar-refractivity contribution in [3.05, 3.63) is 11.6 Å². The number of fused-ring (bicyclic) bond motifs is 5. The predicted molar refractivity (Wildman–Crippen MR) is 112 cm³/mol. The molecule has 0 heterocycles. The second kappa shape index (κ2) is 7.20. The number of hydrogen-bond acceptors (Lipinski definition) is 5. The van der Waals surface area contributed by atoms with E-state index in [0.29, 0.717) is 24.2 Å². The number of carbonyl (C=O) groups is 3. The topological polar surface area (TPSA) is 69.7 Å². The Kier molecular flexibility index (Phi) is 5.18. The van der Waals surface area contributed by atoms with Gasteiger partial charge in [0, 0.05) is 25.7 Å².